The number of esters is 1. The quantitative estimate of drug-likeness (QED) is 0.170. The third-order valence-corrected chi connectivity index (χ3v) is 9.05. The molecule has 0 spiro atoms. The van der Waals surface area contributed by atoms with E-state index >= 15 is 0 Å². The highest BCUT2D eigenvalue weighted by Crippen LogP contribution is 2.41. The second kappa shape index (κ2) is 10.5. The molecule has 0 saturated carbocycles. The van der Waals surface area contributed by atoms with Crippen LogP contribution in [0.25, 0.3) is 21.3 Å². The summed E-state index contributed by atoms with van der Waals surface area (Å²) in [5.41, 5.74) is 3.41. The highest BCUT2D eigenvalue weighted by atomic mass is 32.2. The molecule has 0 saturated heterocycles. The van der Waals surface area contributed by atoms with Crippen LogP contribution >= 0.6 is 34.4 Å². The number of anilines is 1. The van der Waals surface area contributed by atoms with Gasteiger partial charge in [0.15, 0.2) is 0 Å². The Hall–Kier alpha value is -2.75. The number of thiophene rings is 2. The zero-order valence-corrected chi connectivity index (χ0v) is 21.9. The van der Waals surface area contributed by atoms with Crippen LogP contribution in [0.2, 0.25) is 0 Å². The molecule has 0 bridgehead atoms. The normalized spacial score (nSPS) is 15.1. The molecule has 1 aromatic carbocycles. The lowest BCUT2D eigenvalue weighted by atomic mass is 9.89. The van der Waals surface area contributed by atoms with E-state index in [-0.39, 0.29) is 18.3 Å². The van der Waals surface area contributed by atoms with E-state index in [1.165, 1.54) is 33.5 Å². The highest BCUT2D eigenvalue weighted by Gasteiger charge is 2.25. The summed E-state index contributed by atoms with van der Waals surface area (Å²) in [4.78, 5) is 37.1. The van der Waals surface area contributed by atoms with E-state index in [1.54, 1.807) is 24.6 Å². The molecule has 5 rings (SSSR count). The Balaban J connectivity index is 1.36. The van der Waals surface area contributed by atoms with E-state index in [1.807, 2.05) is 35.7 Å². The third-order valence-electron chi connectivity index (χ3n) is 6.01. The zero-order chi connectivity index (χ0) is 24.4. The molecular formula is C26H25N3O3S3. The fourth-order valence-electron chi connectivity index (χ4n) is 4.34. The molecule has 3 aromatic heterocycles. The van der Waals surface area contributed by atoms with E-state index < -0.39 is 5.97 Å². The number of carbonyl (C=O) groups excluding carboxylic acids is 2. The van der Waals surface area contributed by atoms with Gasteiger partial charge in [-0.2, -0.15) is 0 Å². The Labute approximate surface area is 216 Å². The van der Waals surface area contributed by atoms with Gasteiger partial charge in [0.1, 0.15) is 26.7 Å². The van der Waals surface area contributed by atoms with E-state index in [0.29, 0.717) is 16.5 Å². The maximum Gasteiger partial charge on any atom is 0.341 e. The van der Waals surface area contributed by atoms with Crippen molar-refractivity contribution in [3.8, 4) is 11.1 Å². The maximum atomic E-state index is 13.0. The number of benzene rings is 1. The Morgan fingerprint density at radius 1 is 1.23 bits per heavy atom. The third kappa shape index (κ3) is 4.98. The first kappa shape index (κ1) is 24.0. The van der Waals surface area contributed by atoms with Gasteiger partial charge in [0, 0.05) is 21.2 Å². The number of aryl methyl sites for hydroxylation is 1. The van der Waals surface area contributed by atoms with Gasteiger partial charge in [-0.1, -0.05) is 49.0 Å². The van der Waals surface area contributed by atoms with Crippen LogP contribution in [-0.4, -0.2) is 34.2 Å². The monoisotopic (exact) mass is 523 g/mol. The number of ether oxygens (including phenoxy) is 1. The molecule has 9 heteroatoms. The molecule has 6 nitrogen and oxygen atoms in total. The summed E-state index contributed by atoms with van der Waals surface area (Å²) in [6, 6.07) is 9.64. The van der Waals surface area contributed by atoms with Crippen LogP contribution in [0, 0.1) is 5.92 Å². The minimum absolute atomic E-state index is 0.188. The van der Waals surface area contributed by atoms with E-state index in [0.717, 1.165) is 45.6 Å². The minimum atomic E-state index is -0.438. The first-order valence-electron chi connectivity index (χ1n) is 11.6. The lowest BCUT2D eigenvalue weighted by molar-refractivity contribution is -0.113. The average Bonchev–Trinajstić information content (AvgIpc) is 3.44. The first-order valence-corrected chi connectivity index (χ1v) is 14.2. The maximum absolute atomic E-state index is 13.0. The van der Waals surface area contributed by atoms with Crippen LogP contribution in [-0.2, 0) is 22.4 Å². The zero-order valence-electron chi connectivity index (χ0n) is 19.5. The molecule has 0 radical (unpaired) electrons. The second-order valence-electron chi connectivity index (χ2n) is 8.49. The molecule has 1 aliphatic rings. The number of hydrogen-bond acceptors (Lipinski definition) is 8. The van der Waals surface area contributed by atoms with Crippen LogP contribution in [0.5, 0.6) is 0 Å². The van der Waals surface area contributed by atoms with Gasteiger partial charge in [0.2, 0.25) is 5.91 Å². The lowest BCUT2D eigenvalue weighted by Crippen LogP contribution is -2.16. The molecule has 1 amide bonds. The molecular weight excluding hydrogens is 499 g/mol. The van der Waals surface area contributed by atoms with Crippen molar-refractivity contribution < 1.29 is 14.3 Å². The number of nitrogens with one attached hydrogen (secondary N) is 1. The lowest BCUT2D eigenvalue weighted by Gasteiger charge is -2.18. The molecule has 1 aliphatic carbocycles. The van der Waals surface area contributed by atoms with Crippen molar-refractivity contribution in [3.05, 3.63) is 58.0 Å². The molecule has 180 valence electrons. The number of carbonyl (C=O) groups is 2. The second-order valence-corrected chi connectivity index (χ2v) is 11.4. The molecule has 35 heavy (non-hydrogen) atoms. The molecule has 0 unspecified atom stereocenters. The summed E-state index contributed by atoms with van der Waals surface area (Å²) in [6.07, 6.45) is 4.86. The highest BCUT2D eigenvalue weighted by molar-refractivity contribution is 8.00. The molecule has 3 heterocycles. The van der Waals surface area contributed by atoms with Gasteiger partial charge >= 0.3 is 5.97 Å². The number of amides is 1. The van der Waals surface area contributed by atoms with Crippen molar-refractivity contribution in [3.63, 3.8) is 0 Å². The van der Waals surface area contributed by atoms with Gasteiger partial charge in [0.25, 0.3) is 0 Å². The Bertz CT molecular complexity index is 1380. The first-order chi connectivity index (χ1) is 17.0. The van der Waals surface area contributed by atoms with Gasteiger partial charge in [-0.15, -0.1) is 22.7 Å². The average molecular weight is 524 g/mol. The molecule has 4 aromatic rings. The number of nitrogens with zero attached hydrogens (tertiary/aromatic N) is 2. The predicted octanol–water partition coefficient (Wildman–Crippen LogP) is 6.45. The summed E-state index contributed by atoms with van der Waals surface area (Å²) < 4.78 is 5.30. The topological polar surface area (TPSA) is 81.2 Å². The minimum Gasteiger partial charge on any atom is -0.462 e. The van der Waals surface area contributed by atoms with Crippen molar-refractivity contribution in [2.45, 2.75) is 38.1 Å². The van der Waals surface area contributed by atoms with Crippen molar-refractivity contribution >= 4 is 61.5 Å². The van der Waals surface area contributed by atoms with Gasteiger partial charge in [0.05, 0.1) is 12.4 Å². The Morgan fingerprint density at radius 3 is 2.86 bits per heavy atom. The van der Waals surface area contributed by atoms with Gasteiger partial charge < -0.3 is 10.1 Å². The summed E-state index contributed by atoms with van der Waals surface area (Å²) in [7, 11) is 0. The van der Waals surface area contributed by atoms with Crippen LogP contribution < -0.4 is 5.32 Å². The SMILES string of the molecule is CCOC(=O)c1c(-c2ccccc2)csc1NC(=O)CSc1ncnc2sc3c(c12)CC[C@@H](C)C3. The van der Waals surface area contributed by atoms with Crippen molar-refractivity contribution in [2.24, 2.45) is 5.92 Å². The number of thioether (sulfide) groups is 1. The Kier molecular flexibility index (Phi) is 7.17. The van der Waals surface area contributed by atoms with Crippen molar-refractivity contribution in [1.29, 1.82) is 0 Å². The number of aromatic nitrogens is 2. The fourth-order valence-corrected chi connectivity index (χ4v) is 7.55. The van der Waals surface area contributed by atoms with Crippen molar-refractivity contribution in [2.75, 3.05) is 17.7 Å². The molecule has 1 N–H and O–H groups in total. The van der Waals surface area contributed by atoms with Crippen LogP contribution in [0.3, 0.4) is 0 Å². The summed E-state index contributed by atoms with van der Waals surface area (Å²) in [5.74, 6) is 0.248. The Morgan fingerprint density at radius 2 is 2.06 bits per heavy atom. The number of fused-ring (bicyclic) bond motifs is 3. The number of rotatable bonds is 7. The van der Waals surface area contributed by atoms with E-state index in [9.17, 15) is 9.59 Å². The molecule has 0 fully saturated rings. The van der Waals surface area contributed by atoms with E-state index in [2.05, 4.69) is 22.2 Å². The summed E-state index contributed by atoms with van der Waals surface area (Å²) >= 11 is 4.50. The standard InChI is InChI=1S/C26H25N3O3S3/c1-3-32-26(31)22-18(16-7-5-4-6-8-16)12-33-25(22)29-20(30)13-34-23-21-17-10-9-15(2)11-19(17)35-24(21)28-14-27-23/h4-8,12,14-15H,3,9-11,13H2,1-2H3,(H,29,30)/t15-/m1/s1. The van der Waals surface area contributed by atoms with Crippen LogP contribution in [0.4, 0.5) is 5.00 Å². The predicted molar refractivity (Wildman–Crippen MR) is 144 cm³/mol. The summed E-state index contributed by atoms with van der Waals surface area (Å²) in [6.45, 7) is 4.32. The van der Waals surface area contributed by atoms with Crippen molar-refractivity contribution in [1.82, 2.24) is 9.97 Å². The largest absolute Gasteiger partial charge is 0.462 e. The number of hydrogen-bond donors (Lipinski definition) is 1. The van der Waals surface area contributed by atoms with Crippen LogP contribution in [0.1, 0.15) is 41.1 Å². The van der Waals surface area contributed by atoms with Gasteiger partial charge in [-0.25, -0.2) is 14.8 Å². The van der Waals surface area contributed by atoms with Gasteiger partial charge in [-0.05, 0) is 43.2 Å². The molecule has 0 aliphatic heterocycles. The smallest absolute Gasteiger partial charge is 0.341 e. The van der Waals surface area contributed by atoms with Crippen LogP contribution in [0.15, 0.2) is 47.1 Å². The molecule has 1 atom stereocenters. The fraction of sp³-hybridized carbons (Fsp3) is 0.308. The summed E-state index contributed by atoms with van der Waals surface area (Å²) in [5, 5.41) is 7.28. The van der Waals surface area contributed by atoms with E-state index in [4.69, 9.17) is 4.74 Å². The van der Waals surface area contributed by atoms with Gasteiger partial charge in [-0.3, -0.25) is 4.79 Å².